The number of hydrogen-bond donors (Lipinski definition) is 1. The number of nitrogens with two attached hydrogens (primary N) is 1. The minimum absolute atomic E-state index is 0.172. The van der Waals surface area contributed by atoms with Gasteiger partial charge in [0.2, 0.25) is 5.91 Å². The third-order valence-electron chi connectivity index (χ3n) is 2.29. The Morgan fingerprint density at radius 1 is 1.44 bits per heavy atom. The number of carbonyl (C=O) groups excluding carboxylic acids is 1. The molecule has 0 bridgehead atoms. The maximum Gasteiger partial charge on any atom is 0.230 e. The largest absolute Gasteiger partial charge is 0.394 e. The normalized spacial score (nSPS) is 19.1. The van der Waals surface area contributed by atoms with E-state index in [0.29, 0.717) is 21.3 Å². The maximum absolute atomic E-state index is 11.1. The molecule has 0 aromatic heterocycles. The van der Waals surface area contributed by atoms with Crippen LogP contribution in [-0.4, -0.2) is 18.2 Å². The van der Waals surface area contributed by atoms with E-state index in [1.807, 2.05) is 0 Å². The molecule has 1 atom stereocenters. The van der Waals surface area contributed by atoms with Crippen LogP contribution in [0, 0.1) is 5.92 Å². The van der Waals surface area contributed by atoms with Crippen molar-refractivity contribution in [2.75, 3.05) is 6.61 Å². The van der Waals surface area contributed by atoms with Gasteiger partial charge < -0.3 is 10.6 Å². The van der Waals surface area contributed by atoms with Crippen molar-refractivity contribution in [1.82, 2.24) is 0 Å². The van der Waals surface area contributed by atoms with Gasteiger partial charge in [-0.2, -0.15) is 0 Å². The van der Waals surface area contributed by atoms with Crippen molar-refractivity contribution in [2.45, 2.75) is 0 Å². The van der Waals surface area contributed by atoms with Gasteiger partial charge in [0.1, 0.15) is 18.2 Å². The number of primary amides is 1. The first-order valence-electron chi connectivity index (χ1n) is 4.54. The summed E-state index contributed by atoms with van der Waals surface area (Å²) in [5, 5.41) is 4.64. The molecule has 2 N–H and O–H groups in total. The van der Waals surface area contributed by atoms with E-state index in [4.69, 9.17) is 33.8 Å². The van der Waals surface area contributed by atoms with Crippen LogP contribution in [0.2, 0.25) is 10.0 Å². The fourth-order valence-corrected chi connectivity index (χ4v) is 1.75. The number of rotatable bonds is 2. The quantitative estimate of drug-likeness (QED) is 0.880. The molecule has 1 aliphatic heterocycles. The van der Waals surface area contributed by atoms with E-state index in [2.05, 4.69) is 5.16 Å². The Hall–Kier alpha value is -1.26. The molecule has 1 aliphatic rings. The van der Waals surface area contributed by atoms with E-state index in [0.717, 1.165) is 0 Å². The maximum atomic E-state index is 11.1. The lowest BCUT2D eigenvalue weighted by Gasteiger charge is -2.06. The van der Waals surface area contributed by atoms with Crippen molar-refractivity contribution in [3.8, 4) is 0 Å². The predicted octanol–water partition coefficient (Wildman–Crippen LogP) is 1.83. The minimum atomic E-state index is -0.530. The van der Waals surface area contributed by atoms with Crippen molar-refractivity contribution in [2.24, 2.45) is 16.8 Å². The standard InChI is InChI=1S/C10H8Cl2N2O2/c11-7-2-1-5(3-8(7)12)9-6(10(13)15)4-16-14-9/h1-3,6H,4H2,(H2,13,15). The van der Waals surface area contributed by atoms with Crippen molar-refractivity contribution >= 4 is 34.8 Å². The summed E-state index contributed by atoms with van der Waals surface area (Å²) in [6, 6.07) is 4.99. The molecule has 1 aromatic rings. The number of hydrogen-bond acceptors (Lipinski definition) is 3. The van der Waals surface area contributed by atoms with Gasteiger partial charge in [0.05, 0.1) is 10.0 Å². The number of amides is 1. The second kappa shape index (κ2) is 4.31. The molecule has 2 rings (SSSR count). The summed E-state index contributed by atoms with van der Waals surface area (Å²) in [6.45, 7) is 0.172. The zero-order valence-corrected chi connectivity index (χ0v) is 9.63. The average Bonchev–Trinajstić information content (AvgIpc) is 2.71. The number of halogens is 2. The average molecular weight is 259 g/mol. The zero-order valence-electron chi connectivity index (χ0n) is 8.11. The molecular formula is C10H8Cl2N2O2. The number of nitrogens with zero attached hydrogens (tertiary/aromatic N) is 1. The molecule has 1 heterocycles. The molecule has 16 heavy (non-hydrogen) atoms. The molecule has 84 valence electrons. The lowest BCUT2D eigenvalue weighted by molar-refractivity contribution is -0.120. The highest BCUT2D eigenvalue weighted by Gasteiger charge is 2.29. The highest BCUT2D eigenvalue weighted by Crippen LogP contribution is 2.25. The van der Waals surface area contributed by atoms with E-state index in [-0.39, 0.29) is 6.61 Å². The van der Waals surface area contributed by atoms with Crippen molar-refractivity contribution < 1.29 is 9.63 Å². The Morgan fingerprint density at radius 3 is 2.81 bits per heavy atom. The zero-order chi connectivity index (χ0) is 11.7. The molecule has 0 aliphatic carbocycles. The summed E-state index contributed by atoms with van der Waals surface area (Å²) in [4.78, 5) is 16.0. The molecule has 0 fully saturated rings. The van der Waals surface area contributed by atoms with Gasteiger partial charge in [-0.1, -0.05) is 34.4 Å². The minimum Gasteiger partial charge on any atom is -0.394 e. The van der Waals surface area contributed by atoms with E-state index in [9.17, 15) is 4.79 Å². The molecule has 1 aromatic carbocycles. The Kier molecular flexibility index (Phi) is 3.03. The summed E-state index contributed by atoms with van der Waals surface area (Å²) in [5.74, 6) is -1.00. The molecule has 0 radical (unpaired) electrons. The molecule has 1 amide bonds. The summed E-state index contributed by atoms with van der Waals surface area (Å²) in [7, 11) is 0. The van der Waals surface area contributed by atoms with Gasteiger partial charge in [0.25, 0.3) is 0 Å². The molecule has 0 saturated carbocycles. The summed E-state index contributed by atoms with van der Waals surface area (Å²) in [6.07, 6.45) is 0. The highest BCUT2D eigenvalue weighted by atomic mass is 35.5. The first-order chi connectivity index (χ1) is 7.59. The number of oxime groups is 1. The third-order valence-corrected chi connectivity index (χ3v) is 3.03. The van der Waals surface area contributed by atoms with E-state index >= 15 is 0 Å². The summed E-state index contributed by atoms with van der Waals surface area (Å²) < 4.78 is 0. The van der Waals surface area contributed by atoms with Gasteiger partial charge in [-0.05, 0) is 12.1 Å². The van der Waals surface area contributed by atoms with E-state index in [1.165, 1.54) is 0 Å². The molecule has 1 unspecified atom stereocenters. The Balaban J connectivity index is 2.37. The Morgan fingerprint density at radius 2 is 2.19 bits per heavy atom. The third kappa shape index (κ3) is 1.99. The molecule has 0 spiro atoms. The van der Waals surface area contributed by atoms with Crippen molar-refractivity contribution in [1.29, 1.82) is 0 Å². The van der Waals surface area contributed by atoms with Crippen LogP contribution in [-0.2, 0) is 9.63 Å². The van der Waals surface area contributed by atoms with Gasteiger partial charge in [0, 0.05) is 5.56 Å². The Bertz CT molecular complexity index is 474. The number of carbonyl (C=O) groups is 1. The first kappa shape index (κ1) is 11.2. The molecule has 6 heteroatoms. The van der Waals surface area contributed by atoms with Gasteiger partial charge in [-0.3, -0.25) is 4.79 Å². The topological polar surface area (TPSA) is 64.7 Å². The van der Waals surface area contributed by atoms with Crippen molar-refractivity contribution in [3.63, 3.8) is 0 Å². The van der Waals surface area contributed by atoms with Gasteiger partial charge >= 0.3 is 0 Å². The monoisotopic (exact) mass is 258 g/mol. The van der Waals surface area contributed by atoms with Crippen molar-refractivity contribution in [3.05, 3.63) is 33.8 Å². The van der Waals surface area contributed by atoms with E-state index in [1.54, 1.807) is 18.2 Å². The predicted molar refractivity (Wildman–Crippen MR) is 61.6 cm³/mol. The molecule has 0 saturated heterocycles. The lowest BCUT2D eigenvalue weighted by Crippen LogP contribution is -2.30. The fraction of sp³-hybridized carbons (Fsp3) is 0.200. The molecule has 4 nitrogen and oxygen atoms in total. The van der Waals surface area contributed by atoms with Crippen LogP contribution in [0.4, 0.5) is 0 Å². The second-order valence-electron chi connectivity index (χ2n) is 3.36. The van der Waals surface area contributed by atoms with Gasteiger partial charge in [-0.25, -0.2) is 0 Å². The van der Waals surface area contributed by atoms with Gasteiger partial charge in [-0.15, -0.1) is 0 Å². The van der Waals surface area contributed by atoms with Crippen LogP contribution >= 0.6 is 23.2 Å². The number of benzene rings is 1. The highest BCUT2D eigenvalue weighted by molar-refractivity contribution is 6.42. The SMILES string of the molecule is NC(=O)C1CON=C1c1ccc(Cl)c(Cl)c1. The smallest absolute Gasteiger partial charge is 0.230 e. The van der Waals surface area contributed by atoms with Crippen LogP contribution in [0.5, 0.6) is 0 Å². The van der Waals surface area contributed by atoms with Crippen LogP contribution in [0.1, 0.15) is 5.56 Å². The Labute approximate surface area is 102 Å². The summed E-state index contributed by atoms with van der Waals surface area (Å²) in [5.41, 5.74) is 6.42. The van der Waals surface area contributed by atoms with E-state index < -0.39 is 11.8 Å². The lowest BCUT2D eigenvalue weighted by atomic mass is 9.97. The second-order valence-corrected chi connectivity index (χ2v) is 4.17. The van der Waals surface area contributed by atoms with Crippen LogP contribution in [0.3, 0.4) is 0 Å². The molecular weight excluding hydrogens is 251 g/mol. The fourth-order valence-electron chi connectivity index (χ4n) is 1.45. The van der Waals surface area contributed by atoms with Crippen LogP contribution < -0.4 is 5.73 Å². The first-order valence-corrected chi connectivity index (χ1v) is 5.30. The van der Waals surface area contributed by atoms with Crippen LogP contribution in [0.15, 0.2) is 23.4 Å². The van der Waals surface area contributed by atoms with Gasteiger partial charge in [0.15, 0.2) is 0 Å². The summed E-state index contributed by atoms with van der Waals surface area (Å²) >= 11 is 11.7. The van der Waals surface area contributed by atoms with Crippen LogP contribution in [0.25, 0.3) is 0 Å².